The molecule has 0 aromatic carbocycles. The van der Waals surface area contributed by atoms with Crippen molar-refractivity contribution < 1.29 is 17.6 Å². The molecule has 2 aromatic heterocycles. The Labute approximate surface area is 147 Å². The van der Waals surface area contributed by atoms with Gasteiger partial charge in [0.25, 0.3) is 0 Å². The van der Waals surface area contributed by atoms with E-state index >= 15 is 0 Å². The molecule has 0 bridgehead atoms. The normalized spacial score (nSPS) is 16.7. The molecular formula is C17H21N3O4S. The lowest BCUT2D eigenvalue weighted by Crippen LogP contribution is -2.43. The predicted molar refractivity (Wildman–Crippen MR) is 90.9 cm³/mol. The minimum Gasteiger partial charge on any atom is -0.472 e. The lowest BCUT2D eigenvalue weighted by atomic mass is 9.96. The summed E-state index contributed by atoms with van der Waals surface area (Å²) in [5, 5.41) is 0. The standard InChI is InChI=1S/C17H21N3O4S/c1-19(12-14-6-10-24-13-14)17(21)15-4-8-20(9-5-15)25(22,23)16-3-2-7-18-11-16/h2-3,6-7,10-11,13,15H,4-5,8-9,12H2,1H3. The molecule has 0 aliphatic carbocycles. The molecule has 2 aromatic rings. The van der Waals surface area contributed by atoms with E-state index in [1.165, 1.54) is 16.6 Å². The highest BCUT2D eigenvalue weighted by molar-refractivity contribution is 7.89. The highest BCUT2D eigenvalue weighted by Crippen LogP contribution is 2.25. The maximum atomic E-state index is 12.6. The van der Waals surface area contributed by atoms with E-state index in [9.17, 15) is 13.2 Å². The molecule has 1 saturated heterocycles. The molecule has 3 rings (SSSR count). The van der Waals surface area contributed by atoms with Gasteiger partial charge in [-0.3, -0.25) is 9.78 Å². The molecule has 0 saturated carbocycles. The second kappa shape index (κ2) is 7.37. The van der Waals surface area contributed by atoms with Crippen LogP contribution in [0.2, 0.25) is 0 Å². The molecule has 1 aliphatic rings. The largest absolute Gasteiger partial charge is 0.472 e. The molecule has 8 heteroatoms. The van der Waals surface area contributed by atoms with E-state index in [0.717, 1.165) is 5.56 Å². The van der Waals surface area contributed by atoms with Crippen LogP contribution in [0.4, 0.5) is 0 Å². The Balaban J connectivity index is 1.59. The number of carbonyl (C=O) groups is 1. The topological polar surface area (TPSA) is 83.7 Å². The molecule has 0 spiro atoms. The quantitative estimate of drug-likeness (QED) is 0.808. The van der Waals surface area contributed by atoms with Gasteiger partial charge in [-0.1, -0.05) is 0 Å². The van der Waals surface area contributed by atoms with Crippen LogP contribution in [-0.2, 0) is 21.4 Å². The minimum atomic E-state index is -3.54. The fourth-order valence-corrected chi connectivity index (χ4v) is 4.47. The van der Waals surface area contributed by atoms with Crippen molar-refractivity contribution in [3.63, 3.8) is 0 Å². The summed E-state index contributed by atoms with van der Waals surface area (Å²) in [7, 11) is -1.78. The summed E-state index contributed by atoms with van der Waals surface area (Å²) in [5.41, 5.74) is 0.937. The summed E-state index contributed by atoms with van der Waals surface area (Å²) < 4.78 is 31.6. The Morgan fingerprint density at radius 2 is 2.12 bits per heavy atom. The number of piperidine rings is 1. The molecule has 0 atom stereocenters. The van der Waals surface area contributed by atoms with E-state index in [4.69, 9.17) is 4.42 Å². The number of nitrogens with zero attached hydrogens (tertiary/aromatic N) is 3. The van der Waals surface area contributed by atoms with Crippen molar-refractivity contribution in [2.24, 2.45) is 5.92 Å². The predicted octanol–water partition coefficient (Wildman–Crippen LogP) is 1.73. The highest BCUT2D eigenvalue weighted by Gasteiger charge is 2.33. The van der Waals surface area contributed by atoms with Gasteiger partial charge in [0, 0.05) is 50.6 Å². The van der Waals surface area contributed by atoms with Crippen LogP contribution < -0.4 is 0 Å². The van der Waals surface area contributed by atoms with Crippen LogP contribution >= 0.6 is 0 Å². The summed E-state index contributed by atoms with van der Waals surface area (Å²) in [6.45, 7) is 1.17. The Morgan fingerprint density at radius 1 is 1.36 bits per heavy atom. The number of pyridine rings is 1. The number of rotatable bonds is 5. The molecule has 0 N–H and O–H groups in total. The molecule has 134 valence electrons. The fourth-order valence-electron chi connectivity index (χ4n) is 3.04. The van der Waals surface area contributed by atoms with Crippen LogP contribution in [0.15, 0.2) is 52.4 Å². The molecule has 7 nitrogen and oxygen atoms in total. The van der Waals surface area contributed by atoms with Gasteiger partial charge in [0.05, 0.1) is 12.5 Å². The number of sulfonamides is 1. The SMILES string of the molecule is CN(Cc1ccoc1)C(=O)C1CCN(S(=O)(=O)c2cccnc2)CC1. The van der Waals surface area contributed by atoms with Crippen LogP contribution in [0.1, 0.15) is 18.4 Å². The zero-order valence-corrected chi connectivity index (χ0v) is 14.9. The van der Waals surface area contributed by atoms with E-state index in [0.29, 0.717) is 32.5 Å². The first-order valence-corrected chi connectivity index (χ1v) is 9.58. The van der Waals surface area contributed by atoms with Crippen LogP contribution in [0, 0.1) is 5.92 Å². The van der Waals surface area contributed by atoms with Gasteiger partial charge in [0.15, 0.2) is 0 Å². The lowest BCUT2D eigenvalue weighted by molar-refractivity contribution is -0.135. The summed E-state index contributed by atoms with van der Waals surface area (Å²) in [6.07, 6.45) is 7.13. The summed E-state index contributed by atoms with van der Waals surface area (Å²) in [5.74, 6) is -0.114. The van der Waals surface area contributed by atoms with Crippen LogP contribution in [0.5, 0.6) is 0 Å². The molecule has 1 amide bonds. The average molecular weight is 363 g/mol. The monoisotopic (exact) mass is 363 g/mol. The third-order valence-corrected chi connectivity index (χ3v) is 6.33. The zero-order chi connectivity index (χ0) is 17.9. The third-order valence-electron chi connectivity index (χ3n) is 4.45. The Hall–Kier alpha value is -2.19. The first kappa shape index (κ1) is 17.6. The number of hydrogen-bond acceptors (Lipinski definition) is 5. The maximum Gasteiger partial charge on any atom is 0.244 e. The molecule has 1 fully saturated rings. The van der Waals surface area contributed by atoms with Crippen LogP contribution in [-0.4, -0.2) is 48.7 Å². The van der Waals surface area contributed by atoms with Crippen molar-refractivity contribution in [1.82, 2.24) is 14.2 Å². The zero-order valence-electron chi connectivity index (χ0n) is 14.0. The number of furan rings is 1. The fraction of sp³-hybridized carbons (Fsp3) is 0.412. The Bertz CT molecular complexity index is 798. The van der Waals surface area contributed by atoms with Gasteiger partial charge >= 0.3 is 0 Å². The molecule has 0 unspecified atom stereocenters. The smallest absolute Gasteiger partial charge is 0.244 e. The molecule has 0 radical (unpaired) electrons. The second-order valence-electron chi connectivity index (χ2n) is 6.19. The summed E-state index contributed by atoms with van der Waals surface area (Å²) in [4.78, 5) is 18.3. The van der Waals surface area contributed by atoms with Gasteiger partial charge < -0.3 is 9.32 Å². The van der Waals surface area contributed by atoms with Gasteiger partial charge in [-0.25, -0.2) is 8.42 Å². The number of carbonyl (C=O) groups excluding carboxylic acids is 1. The van der Waals surface area contributed by atoms with Crippen LogP contribution in [0.25, 0.3) is 0 Å². The van der Waals surface area contributed by atoms with Crippen molar-refractivity contribution in [1.29, 1.82) is 0 Å². The lowest BCUT2D eigenvalue weighted by Gasteiger charge is -2.32. The summed E-state index contributed by atoms with van der Waals surface area (Å²) in [6, 6.07) is 4.97. The van der Waals surface area contributed by atoms with Crippen molar-refractivity contribution in [3.05, 3.63) is 48.7 Å². The molecule has 1 aliphatic heterocycles. The number of hydrogen-bond donors (Lipinski definition) is 0. The van der Waals surface area contributed by atoms with E-state index in [1.54, 1.807) is 36.7 Å². The molecular weight excluding hydrogens is 342 g/mol. The third kappa shape index (κ3) is 3.91. The number of amides is 1. The van der Waals surface area contributed by atoms with Gasteiger partial charge in [-0.15, -0.1) is 0 Å². The Kier molecular flexibility index (Phi) is 5.19. The van der Waals surface area contributed by atoms with Gasteiger partial charge in [-0.05, 0) is 31.0 Å². The van der Waals surface area contributed by atoms with E-state index in [2.05, 4.69) is 4.98 Å². The van der Waals surface area contributed by atoms with Crippen molar-refractivity contribution in [2.45, 2.75) is 24.3 Å². The van der Waals surface area contributed by atoms with Crippen molar-refractivity contribution in [2.75, 3.05) is 20.1 Å². The van der Waals surface area contributed by atoms with Gasteiger partial charge in [0.2, 0.25) is 15.9 Å². The second-order valence-corrected chi connectivity index (χ2v) is 8.13. The van der Waals surface area contributed by atoms with E-state index in [-0.39, 0.29) is 16.7 Å². The van der Waals surface area contributed by atoms with E-state index < -0.39 is 10.0 Å². The average Bonchev–Trinajstić information content (AvgIpc) is 3.15. The highest BCUT2D eigenvalue weighted by atomic mass is 32.2. The molecule has 3 heterocycles. The minimum absolute atomic E-state index is 0.0413. The van der Waals surface area contributed by atoms with Gasteiger partial charge in [-0.2, -0.15) is 4.31 Å². The van der Waals surface area contributed by atoms with E-state index in [1.807, 2.05) is 6.07 Å². The first-order chi connectivity index (χ1) is 12.0. The van der Waals surface area contributed by atoms with Crippen molar-refractivity contribution in [3.8, 4) is 0 Å². The summed E-state index contributed by atoms with van der Waals surface area (Å²) >= 11 is 0. The maximum absolute atomic E-state index is 12.6. The number of aromatic nitrogens is 1. The van der Waals surface area contributed by atoms with Crippen molar-refractivity contribution >= 4 is 15.9 Å². The van der Waals surface area contributed by atoms with Gasteiger partial charge in [0.1, 0.15) is 4.90 Å². The Morgan fingerprint density at radius 3 is 2.72 bits per heavy atom. The van der Waals surface area contributed by atoms with Crippen LogP contribution in [0.3, 0.4) is 0 Å². The first-order valence-electron chi connectivity index (χ1n) is 8.14. The molecule has 25 heavy (non-hydrogen) atoms.